The zero-order valence-electron chi connectivity index (χ0n) is 20.7. The molecule has 2 heterocycles. The van der Waals surface area contributed by atoms with E-state index in [1.807, 2.05) is 34.1 Å². The molecule has 35 heavy (non-hydrogen) atoms. The van der Waals surface area contributed by atoms with E-state index in [9.17, 15) is 14.4 Å². The van der Waals surface area contributed by atoms with Crippen LogP contribution in [0.2, 0.25) is 0 Å². The summed E-state index contributed by atoms with van der Waals surface area (Å²) < 4.78 is 5.71. The van der Waals surface area contributed by atoms with Crippen molar-refractivity contribution in [2.45, 2.75) is 71.0 Å². The Kier molecular flexibility index (Phi) is 8.06. The summed E-state index contributed by atoms with van der Waals surface area (Å²) in [6, 6.07) is 15.1. The number of piperidine rings is 2. The number of benzene rings is 2. The number of amides is 3. The largest absolute Gasteiger partial charge is 0.484 e. The molecule has 0 bridgehead atoms. The number of likely N-dealkylation sites (tertiary alicyclic amines) is 1. The van der Waals surface area contributed by atoms with Crippen molar-refractivity contribution in [1.29, 1.82) is 0 Å². The molecule has 1 N–H and O–H groups in total. The van der Waals surface area contributed by atoms with Crippen LogP contribution >= 0.6 is 0 Å². The van der Waals surface area contributed by atoms with E-state index in [0.29, 0.717) is 24.3 Å². The van der Waals surface area contributed by atoms with Gasteiger partial charge in [0.25, 0.3) is 11.8 Å². The molecule has 2 unspecified atom stereocenters. The third-order valence-electron chi connectivity index (χ3n) is 6.96. The van der Waals surface area contributed by atoms with Gasteiger partial charge in [0.05, 0.1) is 0 Å². The highest BCUT2D eigenvalue weighted by atomic mass is 16.5. The summed E-state index contributed by atoms with van der Waals surface area (Å²) in [7, 11) is 0. The van der Waals surface area contributed by atoms with Crippen molar-refractivity contribution in [3.05, 3.63) is 59.7 Å². The Labute approximate surface area is 207 Å². The average molecular weight is 478 g/mol. The topological polar surface area (TPSA) is 79.0 Å². The molecular weight excluding hydrogens is 442 g/mol. The molecule has 7 nitrogen and oxygen atoms in total. The molecule has 7 heteroatoms. The number of ether oxygens (including phenoxy) is 1. The number of carbonyl (C=O) groups excluding carboxylic acids is 3. The molecular formula is C28H35N3O4. The highest BCUT2D eigenvalue weighted by Crippen LogP contribution is 2.24. The second kappa shape index (κ2) is 11.4. The van der Waals surface area contributed by atoms with E-state index in [1.54, 1.807) is 24.3 Å². The number of hydrogen-bond donors (Lipinski definition) is 1. The molecule has 0 spiro atoms. The van der Waals surface area contributed by atoms with Gasteiger partial charge in [-0.3, -0.25) is 14.4 Å². The van der Waals surface area contributed by atoms with Gasteiger partial charge in [-0.1, -0.05) is 12.1 Å². The van der Waals surface area contributed by atoms with Crippen LogP contribution in [0.3, 0.4) is 0 Å². The van der Waals surface area contributed by atoms with Gasteiger partial charge in [0.2, 0.25) is 5.91 Å². The first kappa shape index (κ1) is 24.8. The number of nitrogens with one attached hydrogen (secondary N) is 1. The second-order valence-corrected chi connectivity index (χ2v) is 9.60. The molecule has 0 aliphatic carbocycles. The Bertz CT molecular complexity index is 1040. The molecule has 2 saturated heterocycles. The van der Waals surface area contributed by atoms with Crippen molar-refractivity contribution in [1.82, 2.24) is 10.2 Å². The van der Waals surface area contributed by atoms with Crippen molar-refractivity contribution >= 4 is 23.4 Å². The van der Waals surface area contributed by atoms with Crippen molar-refractivity contribution in [3.63, 3.8) is 0 Å². The van der Waals surface area contributed by atoms with Crippen LogP contribution in [0, 0.1) is 0 Å². The summed E-state index contributed by atoms with van der Waals surface area (Å²) in [5.41, 5.74) is 2.34. The average Bonchev–Trinajstić information content (AvgIpc) is 2.87. The van der Waals surface area contributed by atoms with Crippen molar-refractivity contribution in [2.24, 2.45) is 0 Å². The monoisotopic (exact) mass is 477 g/mol. The van der Waals surface area contributed by atoms with Crippen LogP contribution in [0.1, 0.15) is 68.3 Å². The number of carbonyl (C=O) groups is 3. The molecule has 0 radical (unpaired) electrons. The van der Waals surface area contributed by atoms with Gasteiger partial charge in [0.15, 0.2) is 6.61 Å². The van der Waals surface area contributed by atoms with Gasteiger partial charge in [0, 0.05) is 42.8 Å². The third kappa shape index (κ3) is 6.21. The maximum Gasteiger partial charge on any atom is 0.260 e. The van der Waals surface area contributed by atoms with Crippen LogP contribution in [-0.4, -0.2) is 47.9 Å². The standard InChI is InChI=1S/C28H35N3O4/c1-20-7-5-8-21(2)31(20)27(33)19-35-25-14-12-23(13-15-25)28(34)29-18-22-9-6-10-24(17-22)30-16-4-3-11-26(30)32/h6,9-10,12-15,17,20-21H,3-5,7-8,11,16,18-19H2,1-2H3,(H,29,34). The molecule has 186 valence electrons. The normalized spacial score (nSPS) is 20.5. The number of rotatable bonds is 7. The van der Waals surface area contributed by atoms with E-state index in [4.69, 9.17) is 4.74 Å². The summed E-state index contributed by atoms with van der Waals surface area (Å²) >= 11 is 0. The van der Waals surface area contributed by atoms with Gasteiger partial charge in [-0.2, -0.15) is 0 Å². The van der Waals surface area contributed by atoms with Crippen molar-refractivity contribution in [3.8, 4) is 5.75 Å². The molecule has 2 aliphatic heterocycles. The minimum absolute atomic E-state index is 0.00000298. The first-order valence-corrected chi connectivity index (χ1v) is 12.6. The fraction of sp³-hybridized carbons (Fsp3) is 0.464. The van der Waals surface area contributed by atoms with E-state index < -0.39 is 0 Å². The van der Waals surface area contributed by atoms with Crippen molar-refractivity contribution in [2.75, 3.05) is 18.1 Å². The fourth-order valence-electron chi connectivity index (χ4n) is 5.03. The van der Waals surface area contributed by atoms with Gasteiger partial charge in [-0.05, 0) is 87.9 Å². The van der Waals surface area contributed by atoms with Crippen LogP contribution in [0.25, 0.3) is 0 Å². The molecule has 2 fully saturated rings. The number of nitrogens with zero attached hydrogens (tertiary/aromatic N) is 2. The first-order chi connectivity index (χ1) is 16.9. The Hall–Kier alpha value is -3.35. The van der Waals surface area contributed by atoms with Gasteiger partial charge >= 0.3 is 0 Å². The van der Waals surface area contributed by atoms with Crippen LogP contribution < -0.4 is 15.0 Å². The lowest BCUT2D eigenvalue weighted by molar-refractivity contribution is -0.139. The smallest absolute Gasteiger partial charge is 0.260 e. The predicted octanol–water partition coefficient (Wildman–Crippen LogP) is 4.30. The van der Waals surface area contributed by atoms with E-state index in [0.717, 1.165) is 49.9 Å². The van der Waals surface area contributed by atoms with Crippen molar-refractivity contribution < 1.29 is 19.1 Å². The highest BCUT2D eigenvalue weighted by Gasteiger charge is 2.29. The Morgan fingerprint density at radius 1 is 1.00 bits per heavy atom. The van der Waals surface area contributed by atoms with Gasteiger partial charge in [-0.25, -0.2) is 0 Å². The van der Waals surface area contributed by atoms with E-state index >= 15 is 0 Å². The Morgan fingerprint density at radius 3 is 2.46 bits per heavy atom. The molecule has 2 aliphatic rings. The molecule has 0 saturated carbocycles. The first-order valence-electron chi connectivity index (χ1n) is 12.6. The van der Waals surface area contributed by atoms with E-state index in [1.165, 1.54) is 0 Å². The van der Waals surface area contributed by atoms with Gasteiger partial charge in [0.1, 0.15) is 5.75 Å². The molecule has 0 aromatic heterocycles. The maximum atomic E-state index is 12.6. The SMILES string of the molecule is CC1CCCC(C)N1C(=O)COc1ccc(C(=O)NCc2cccc(N3CCCCC3=O)c2)cc1. The lowest BCUT2D eigenvalue weighted by Gasteiger charge is -2.38. The Balaban J connectivity index is 1.28. The predicted molar refractivity (Wildman–Crippen MR) is 135 cm³/mol. The summed E-state index contributed by atoms with van der Waals surface area (Å²) in [5.74, 6) is 0.524. The zero-order chi connectivity index (χ0) is 24.8. The van der Waals surface area contributed by atoms with Crippen LogP contribution in [-0.2, 0) is 16.1 Å². The minimum atomic E-state index is -0.192. The fourth-order valence-corrected chi connectivity index (χ4v) is 5.03. The molecule has 2 atom stereocenters. The van der Waals surface area contributed by atoms with Gasteiger partial charge in [-0.15, -0.1) is 0 Å². The van der Waals surface area contributed by atoms with Crippen LogP contribution in [0.4, 0.5) is 5.69 Å². The molecule has 4 rings (SSSR count). The second-order valence-electron chi connectivity index (χ2n) is 9.60. The third-order valence-corrected chi connectivity index (χ3v) is 6.96. The summed E-state index contributed by atoms with van der Waals surface area (Å²) in [4.78, 5) is 41.2. The molecule has 3 amide bonds. The highest BCUT2D eigenvalue weighted by molar-refractivity contribution is 5.95. The lowest BCUT2D eigenvalue weighted by atomic mass is 9.97. The zero-order valence-corrected chi connectivity index (χ0v) is 20.7. The minimum Gasteiger partial charge on any atom is -0.484 e. The summed E-state index contributed by atoms with van der Waals surface area (Å²) in [6.45, 7) is 5.28. The van der Waals surface area contributed by atoms with Crippen LogP contribution in [0.5, 0.6) is 5.75 Å². The number of hydrogen-bond acceptors (Lipinski definition) is 4. The quantitative estimate of drug-likeness (QED) is 0.645. The summed E-state index contributed by atoms with van der Waals surface area (Å²) in [5, 5.41) is 2.94. The number of anilines is 1. The Morgan fingerprint density at radius 2 is 1.74 bits per heavy atom. The summed E-state index contributed by atoms with van der Waals surface area (Å²) in [6.07, 6.45) is 5.76. The maximum absolute atomic E-state index is 12.6. The van der Waals surface area contributed by atoms with Crippen LogP contribution in [0.15, 0.2) is 48.5 Å². The lowest BCUT2D eigenvalue weighted by Crippen LogP contribution is -2.49. The molecule has 2 aromatic rings. The van der Waals surface area contributed by atoms with E-state index in [-0.39, 0.29) is 36.4 Å². The van der Waals surface area contributed by atoms with Gasteiger partial charge < -0.3 is 19.9 Å². The molecule has 2 aromatic carbocycles. The van der Waals surface area contributed by atoms with E-state index in [2.05, 4.69) is 19.2 Å².